The molecule has 0 fully saturated rings. The standard InChI is InChI=1S/C26H23ClIN3O4S/c1-16-4-6-17(7-5-16)36(32,33)31-23(12-19-21(27)8-10-29-26(19)31)20-15-30(2)22-14-25(35-11-9-28)24(34-3)13-18(20)22/h4-8,10,12-15H,9,11H2,1-3H3. The molecule has 3 aromatic heterocycles. The number of rotatable bonds is 7. The molecule has 0 radical (unpaired) electrons. The zero-order chi connectivity index (χ0) is 25.6. The second-order valence-corrected chi connectivity index (χ2v) is 11.6. The van der Waals surface area contributed by atoms with Crippen molar-refractivity contribution in [1.29, 1.82) is 0 Å². The minimum Gasteiger partial charge on any atom is -0.493 e. The molecule has 0 unspecified atom stereocenters. The topological polar surface area (TPSA) is 75.4 Å². The molecular weight excluding hydrogens is 613 g/mol. The van der Waals surface area contributed by atoms with E-state index < -0.39 is 10.0 Å². The summed E-state index contributed by atoms with van der Waals surface area (Å²) >= 11 is 8.75. The number of hydrogen-bond acceptors (Lipinski definition) is 5. The summed E-state index contributed by atoms with van der Waals surface area (Å²) in [5.41, 5.74) is 3.27. The molecule has 0 amide bonds. The van der Waals surface area contributed by atoms with Gasteiger partial charge in [-0.25, -0.2) is 17.4 Å². The first-order valence-corrected chi connectivity index (χ1v) is 14.4. The highest BCUT2D eigenvalue weighted by atomic mass is 127. The molecule has 2 aromatic carbocycles. The van der Waals surface area contributed by atoms with Crippen LogP contribution in [0.5, 0.6) is 11.5 Å². The van der Waals surface area contributed by atoms with Crippen molar-refractivity contribution < 1.29 is 17.9 Å². The van der Waals surface area contributed by atoms with Crippen molar-refractivity contribution in [3.8, 4) is 22.8 Å². The van der Waals surface area contributed by atoms with E-state index in [-0.39, 0.29) is 10.5 Å². The minimum atomic E-state index is -4.00. The van der Waals surface area contributed by atoms with Crippen LogP contribution in [0.3, 0.4) is 0 Å². The van der Waals surface area contributed by atoms with Crippen molar-refractivity contribution in [3.05, 3.63) is 71.5 Å². The van der Waals surface area contributed by atoms with Gasteiger partial charge >= 0.3 is 0 Å². The summed E-state index contributed by atoms with van der Waals surface area (Å²) in [4.78, 5) is 4.58. The SMILES string of the molecule is COc1cc2c(-c3cc4c(Cl)ccnc4n3S(=O)(=O)c3ccc(C)cc3)cn(C)c2cc1OCCI. The largest absolute Gasteiger partial charge is 0.493 e. The zero-order valence-corrected chi connectivity index (χ0v) is 23.6. The molecule has 7 nitrogen and oxygen atoms in total. The number of aromatic nitrogens is 3. The van der Waals surface area contributed by atoms with Crippen molar-refractivity contribution in [2.24, 2.45) is 7.05 Å². The molecule has 0 atom stereocenters. The van der Waals surface area contributed by atoms with Gasteiger partial charge in [0.05, 0.1) is 34.8 Å². The summed E-state index contributed by atoms with van der Waals surface area (Å²) in [6.07, 6.45) is 3.41. The number of fused-ring (bicyclic) bond motifs is 2. The summed E-state index contributed by atoms with van der Waals surface area (Å²) in [6.45, 7) is 2.46. The zero-order valence-electron chi connectivity index (χ0n) is 19.8. The maximum absolute atomic E-state index is 14.0. The molecule has 0 aliphatic rings. The van der Waals surface area contributed by atoms with Crippen LogP contribution in [0.4, 0.5) is 0 Å². The number of ether oxygens (including phenoxy) is 2. The van der Waals surface area contributed by atoms with Gasteiger partial charge in [0.2, 0.25) is 0 Å². The number of halogens is 2. The van der Waals surface area contributed by atoms with E-state index in [4.69, 9.17) is 21.1 Å². The number of benzene rings is 2. The lowest BCUT2D eigenvalue weighted by atomic mass is 10.1. The first-order valence-electron chi connectivity index (χ1n) is 11.1. The third kappa shape index (κ3) is 4.12. The molecule has 0 aliphatic carbocycles. The van der Waals surface area contributed by atoms with Crippen molar-refractivity contribution in [3.63, 3.8) is 0 Å². The molecule has 0 bridgehead atoms. The fourth-order valence-corrected chi connectivity index (χ4v) is 6.19. The third-order valence-electron chi connectivity index (χ3n) is 6.05. The maximum atomic E-state index is 14.0. The van der Waals surface area contributed by atoms with E-state index in [9.17, 15) is 8.42 Å². The van der Waals surface area contributed by atoms with Crippen molar-refractivity contribution >= 4 is 66.2 Å². The van der Waals surface area contributed by atoms with Crippen LogP contribution in [0.2, 0.25) is 5.02 Å². The van der Waals surface area contributed by atoms with E-state index in [2.05, 4.69) is 27.6 Å². The number of pyridine rings is 1. The second-order valence-electron chi connectivity index (χ2n) is 8.35. The molecule has 5 rings (SSSR count). The molecule has 0 N–H and O–H groups in total. The molecule has 0 saturated heterocycles. The van der Waals surface area contributed by atoms with Gasteiger partial charge in [0.15, 0.2) is 17.1 Å². The Morgan fingerprint density at radius 3 is 2.50 bits per heavy atom. The predicted octanol–water partition coefficient (Wildman–Crippen LogP) is 6.22. The summed E-state index contributed by atoms with van der Waals surface area (Å²) in [5, 5.41) is 1.79. The Kier molecular flexibility index (Phi) is 6.65. The highest BCUT2D eigenvalue weighted by Gasteiger charge is 2.27. The van der Waals surface area contributed by atoms with Crippen LogP contribution in [0, 0.1) is 6.92 Å². The van der Waals surface area contributed by atoms with Crippen molar-refractivity contribution in [2.75, 3.05) is 18.1 Å². The molecular formula is C26H23ClIN3O4S. The highest BCUT2D eigenvalue weighted by molar-refractivity contribution is 14.1. The molecule has 5 aromatic rings. The molecule has 0 saturated carbocycles. The van der Waals surface area contributed by atoms with Gasteiger partial charge in [0.25, 0.3) is 10.0 Å². The molecule has 36 heavy (non-hydrogen) atoms. The molecule has 0 spiro atoms. The Labute approximate surface area is 227 Å². The Morgan fingerprint density at radius 1 is 1.06 bits per heavy atom. The predicted molar refractivity (Wildman–Crippen MR) is 151 cm³/mol. The van der Waals surface area contributed by atoms with Gasteiger partial charge in [-0.05, 0) is 37.3 Å². The third-order valence-corrected chi connectivity index (χ3v) is 8.54. The van der Waals surface area contributed by atoms with E-state index in [1.54, 1.807) is 43.5 Å². The highest BCUT2D eigenvalue weighted by Crippen LogP contribution is 2.41. The van der Waals surface area contributed by atoms with E-state index in [0.29, 0.717) is 39.8 Å². The van der Waals surface area contributed by atoms with Crippen molar-refractivity contribution in [2.45, 2.75) is 11.8 Å². The van der Waals surface area contributed by atoms with Gasteiger partial charge in [-0.2, -0.15) is 0 Å². The van der Waals surface area contributed by atoms with Crippen LogP contribution in [0.25, 0.3) is 33.2 Å². The number of nitrogens with zero attached hydrogens (tertiary/aromatic N) is 3. The van der Waals surface area contributed by atoms with Gasteiger partial charge in [0, 0.05) is 46.3 Å². The lowest BCUT2D eigenvalue weighted by Crippen LogP contribution is -2.14. The van der Waals surface area contributed by atoms with E-state index in [1.807, 2.05) is 36.9 Å². The van der Waals surface area contributed by atoms with Crippen LogP contribution in [0.1, 0.15) is 5.56 Å². The van der Waals surface area contributed by atoms with E-state index in [1.165, 1.54) is 10.2 Å². The molecule has 186 valence electrons. The molecule has 10 heteroatoms. The normalized spacial score (nSPS) is 11.9. The summed E-state index contributed by atoms with van der Waals surface area (Å²) in [5.74, 6) is 1.20. The lowest BCUT2D eigenvalue weighted by molar-refractivity contribution is 0.316. The number of hydrogen-bond donors (Lipinski definition) is 0. The summed E-state index contributed by atoms with van der Waals surface area (Å²) < 4.78 is 43.5. The van der Waals surface area contributed by atoms with Gasteiger partial charge in [-0.15, -0.1) is 0 Å². The van der Waals surface area contributed by atoms with Crippen LogP contribution in [0.15, 0.2) is 65.8 Å². The second kappa shape index (κ2) is 9.60. The first-order chi connectivity index (χ1) is 17.3. The van der Waals surface area contributed by atoms with Crippen LogP contribution >= 0.6 is 34.2 Å². The maximum Gasteiger partial charge on any atom is 0.269 e. The van der Waals surface area contributed by atoms with Crippen LogP contribution in [-0.2, 0) is 17.1 Å². The van der Waals surface area contributed by atoms with Crippen LogP contribution in [-0.4, -0.2) is 40.1 Å². The summed E-state index contributed by atoms with van der Waals surface area (Å²) in [6, 6.07) is 14.0. The Bertz CT molecular complexity index is 1710. The average molecular weight is 636 g/mol. The molecule has 0 aliphatic heterocycles. The van der Waals surface area contributed by atoms with Crippen molar-refractivity contribution in [1.82, 2.24) is 13.5 Å². The number of methoxy groups -OCH3 is 1. The van der Waals surface area contributed by atoms with Gasteiger partial charge in [-0.3, -0.25) is 0 Å². The van der Waals surface area contributed by atoms with Gasteiger partial charge in [0.1, 0.15) is 0 Å². The Hall–Kier alpha value is -2.76. The number of aryl methyl sites for hydroxylation is 2. The Morgan fingerprint density at radius 2 is 1.81 bits per heavy atom. The fourth-order valence-electron chi connectivity index (χ4n) is 4.30. The van der Waals surface area contributed by atoms with E-state index in [0.717, 1.165) is 20.9 Å². The first kappa shape index (κ1) is 24.9. The lowest BCUT2D eigenvalue weighted by Gasteiger charge is -2.13. The smallest absolute Gasteiger partial charge is 0.269 e. The number of alkyl halides is 1. The van der Waals surface area contributed by atoms with Gasteiger partial charge in [-0.1, -0.05) is 51.9 Å². The monoisotopic (exact) mass is 635 g/mol. The molecule has 3 heterocycles. The quantitative estimate of drug-likeness (QED) is 0.157. The average Bonchev–Trinajstić information content (AvgIpc) is 3.41. The fraction of sp³-hybridized carbons (Fsp3) is 0.192. The summed E-state index contributed by atoms with van der Waals surface area (Å²) in [7, 11) is -0.504. The van der Waals surface area contributed by atoms with Crippen LogP contribution < -0.4 is 9.47 Å². The minimum absolute atomic E-state index is 0.168. The van der Waals surface area contributed by atoms with Gasteiger partial charge < -0.3 is 14.0 Å². The Balaban J connectivity index is 1.83. The van der Waals surface area contributed by atoms with E-state index >= 15 is 0 Å².